The monoisotopic (exact) mass is 447 g/mol. The van der Waals surface area contributed by atoms with Crippen LogP contribution in [0.2, 0.25) is 0 Å². The van der Waals surface area contributed by atoms with E-state index in [1.54, 1.807) is 12.1 Å². The molecule has 0 aromatic heterocycles. The summed E-state index contributed by atoms with van der Waals surface area (Å²) >= 11 is 0. The minimum atomic E-state index is -3.56. The summed E-state index contributed by atoms with van der Waals surface area (Å²) in [5.74, 6) is 0.108. The number of hydrogen-bond acceptors (Lipinski definition) is 3. The first-order chi connectivity index (χ1) is 15.5. The Morgan fingerprint density at radius 1 is 0.844 bits per heavy atom. The molecule has 1 N–H and O–H groups in total. The molecule has 0 bridgehead atoms. The zero-order valence-corrected chi connectivity index (χ0v) is 19.1. The van der Waals surface area contributed by atoms with E-state index in [9.17, 15) is 8.42 Å². The van der Waals surface area contributed by atoms with Gasteiger partial charge in [0.1, 0.15) is 0 Å². The van der Waals surface area contributed by atoms with Crippen LogP contribution in [0.25, 0.3) is 0 Å². The van der Waals surface area contributed by atoms with Gasteiger partial charge in [-0.3, -0.25) is 0 Å². The molecule has 3 aromatic rings. The van der Waals surface area contributed by atoms with Crippen molar-refractivity contribution in [1.82, 2.24) is 4.72 Å². The van der Waals surface area contributed by atoms with E-state index in [4.69, 9.17) is 4.74 Å². The van der Waals surface area contributed by atoms with Crippen LogP contribution in [0.3, 0.4) is 0 Å². The Hall–Kier alpha value is -2.47. The van der Waals surface area contributed by atoms with Crippen LogP contribution in [0.5, 0.6) is 0 Å². The largest absolute Gasteiger partial charge is 0.377 e. The minimum Gasteiger partial charge on any atom is -0.377 e. The van der Waals surface area contributed by atoms with Gasteiger partial charge in [-0.05, 0) is 67.0 Å². The van der Waals surface area contributed by atoms with Crippen molar-refractivity contribution in [3.8, 4) is 0 Å². The number of aryl methyl sites for hydroxylation is 3. The number of nitrogens with one attached hydrogen (secondary N) is 1. The van der Waals surface area contributed by atoms with Gasteiger partial charge in [-0.15, -0.1) is 0 Å². The number of rotatable bonds is 4. The topological polar surface area (TPSA) is 55.4 Å². The molecule has 1 aliphatic heterocycles. The molecule has 0 saturated carbocycles. The van der Waals surface area contributed by atoms with E-state index in [1.807, 2.05) is 19.1 Å². The van der Waals surface area contributed by atoms with Crippen molar-refractivity contribution in [2.45, 2.75) is 55.6 Å². The van der Waals surface area contributed by atoms with Crippen molar-refractivity contribution >= 4 is 10.0 Å². The van der Waals surface area contributed by atoms with Gasteiger partial charge in [-0.25, -0.2) is 13.1 Å². The van der Waals surface area contributed by atoms with E-state index in [0.717, 1.165) is 18.4 Å². The van der Waals surface area contributed by atoms with Crippen LogP contribution in [-0.2, 0) is 27.6 Å². The summed E-state index contributed by atoms with van der Waals surface area (Å²) in [5, 5.41) is 0. The highest BCUT2D eigenvalue weighted by Crippen LogP contribution is 2.40. The second-order valence-corrected chi connectivity index (χ2v) is 10.7. The van der Waals surface area contributed by atoms with Gasteiger partial charge in [-0.2, -0.15) is 0 Å². The van der Waals surface area contributed by atoms with Crippen molar-refractivity contribution in [2.75, 3.05) is 6.61 Å². The number of fused-ring (bicyclic) bond motifs is 2. The molecular weight excluding hydrogens is 418 g/mol. The summed E-state index contributed by atoms with van der Waals surface area (Å²) in [6, 6.07) is 24.1. The standard InChI is InChI=1S/C27H29NO3S/c1-19-10-14-23(15-11-19)32(29,30)28-22-16-17-31-26(18-22)27-24-8-4-2-6-20(24)12-13-21-7-3-5-9-25(21)27/h2-11,14-15,22,26-28H,12-13,16-18H2,1H3. The van der Waals surface area contributed by atoms with Crippen LogP contribution < -0.4 is 4.72 Å². The van der Waals surface area contributed by atoms with Crippen LogP contribution in [0.4, 0.5) is 0 Å². The fourth-order valence-corrected chi connectivity index (χ4v) is 6.42. The fourth-order valence-electron chi connectivity index (χ4n) is 5.14. The molecule has 0 amide bonds. The molecule has 5 heteroatoms. The number of benzene rings is 3. The molecular formula is C27H29NO3S. The van der Waals surface area contributed by atoms with Gasteiger partial charge in [0.15, 0.2) is 0 Å². The number of hydrogen-bond donors (Lipinski definition) is 1. The third kappa shape index (κ3) is 4.25. The molecule has 0 radical (unpaired) electrons. The third-order valence-electron chi connectivity index (χ3n) is 6.78. The second kappa shape index (κ2) is 8.81. The lowest BCUT2D eigenvalue weighted by atomic mass is 9.80. The summed E-state index contributed by atoms with van der Waals surface area (Å²) in [6.45, 7) is 2.50. The van der Waals surface area contributed by atoms with E-state index >= 15 is 0 Å². The van der Waals surface area contributed by atoms with E-state index in [2.05, 4.69) is 53.3 Å². The maximum atomic E-state index is 13.0. The Balaban J connectivity index is 1.44. The van der Waals surface area contributed by atoms with E-state index in [-0.39, 0.29) is 18.1 Å². The van der Waals surface area contributed by atoms with Gasteiger partial charge in [-0.1, -0.05) is 66.2 Å². The van der Waals surface area contributed by atoms with Crippen LogP contribution in [0, 0.1) is 6.92 Å². The van der Waals surface area contributed by atoms with Crippen LogP contribution >= 0.6 is 0 Å². The smallest absolute Gasteiger partial charge is 0.240 e. The third-order valence-corrected chi connectivity index (χ3v) is 8.32. The predicted octanol–water partition coefficient (Wildman–Crippen LogP) is 4.75. The number of sulfonamides is 1. The molecule has 2 aliphatic rings. The fraction of sp³-hybridized carbons (Fsp3) is 0.333. The number of ether oxygens (including phenoxy) is 1. The average Bonchev–Trinajstić information content (AvgIpc) is 2.96. The summed E-state index contributed by atoms with van der Waals surface area (Å²) in [7, 11) is -3.56. The van der Waals surface area contributed by atoms with E-state index < -0.39 is 10.0 Å². The maximum Gasteiger partial charge on any atom is 0.240 e. The molecule has 2 unspecified atom stereocenters. The van der Waals surface area contributed by atoms with Crippen molar-refractivity contribution in [3.05, 3.63) is 101 Å². The molecule has 1 saturated heterocycles. The van der Waals surface area contributed by atoms with Gasteiger partial charge in [0, 0.05) is 18.6 Å². The average molecular weight is 448 g/mol. The Kier molecular flexibility index (Phi) is 5.89. The molecule has 1 heterocycles. The van der Waals surface area contributed by atoms with Crippen LogP contribution in [0.1, 0.15) is 46.6 Å². The second-order valence-electron chi connectivity index (χ2n) is 8.94. The van der Waals surface area contributed by atoms with Gasteiger partial charge in [0.05, 0.1) is 11.0 Å². The highest BCUT2D eigenvalue weighted by atomic mass is 32.2. The summed E-state index contributed by atoms with van der Waals surface area (Å²) in [5.41, 5.74) is 6.38. The lowest BCUT2D eigenvalue weighted by Crippen LogP contribution is -2.44. The molecule has 1 fully saturated rings. The molecule has 32 heavy (non-hydrogen) atoms. The molecule has 166 valence electrons. The van der Waals surface area contributed by atoms with Gasteiger partial charge >= 0.3 is 0 Å². The normalized spacial score (nSPS) is 21.4. The zero-order chi connectivity index (χ0) is 22.1. The Labute approximate surface area is 190 Å². The Morgan fingerprint density at radius 3 is 2.06 bits per heavy atom. The molecule has 1 aliphatic carbocycles. The van der Waals surface area contributed by atoms with Crippen molar-refractivity contribution < 1.29 is 13.2 Å². The first-order valence-electron chi connectivity index (χ1n) is 11.4. The lowest BCUT2D eigenvalue weighted by molar-refractivity contribution is -0.00397. The van der Waals surface area contributed by atoms with E-state index in [0.29, 0.717) is 24.3 Å². The first-order valence-corrected chi connectivity index (χ1v) is 12.9. The van der Waals surface area contributed by atoms with Crippen molar-refractivity contribution in [1.29, 1.82) is 0 Å². The van der Waals surface area contributed by atoms with Crippen molar-refractivity contribution in [2.24, 2.45) is 0 Å². The van der Waals surface area contributed by atoms with E-state index in [1.165, 1.54) is 22.3 Å². The quantitative estimate of drug-likeness (QED) is 0.628. The first kappa shape index (κ1) is 21.4. The molecule has 4 nitrogen and oxygen atoms in total. The van der Waals surface area contributed by atoms with Crippen LogP contribution in [-0.4, -0.2) is 27.2 Å². The maximum absolute atomic E-state index is 13.0. The Morgan fingerprint density at radius 2 is 1.44 bits per heavy atom. The van der Waals surface area contributed by atoms with Gasteiger partial charge in [0.2, 0.25) is 10.0 Å². The SMILES string of the molecule is Cc1ccc(S(=O)(=O)NC2CCOC(C3c4ccccc4CCc4ccccc43)C2)cc1. The molecule has 3 aromatic carbocycles. The summed E-state index contributed by atoms with van der Waals surface area (Å²) in [6.07, 6.45) is 3.28. The zero-order valence-electron chi connectivity index (χ0n) is 18.3. The molecule has 2 atom stereocenters. The Bertz CT molecular complexity index is 1160. The summed E-state index contributed by atoms with van der Waals surface area (Å²) in [4.78, 5) is 0.316. The predicted molar refractivity (Wildman–Crippen MR) is 126 cm³/mol. The lowest BCUT2D eigenvalue weighted by Gasteiger charge is -2.36. The highest BCUT2D eigenvalue weighted by Gasteiger charge is 2.36. The summed E-state index contributed by atoms with van der Waals surface area (Å²) < 4.78 is 35.3. The highest BCUT2D eigenvalue weighted by molar-refractivity contribution is 7.89. The van der Waals surface area contributed by atoms with Crippen molar-refractivity contribution in [3.63, 3.8) is 0 Å². The van der Waals surface area contributed by atoms with Gasteiger partial charge in [0.25, 0.3) is 0 Å². The van der Waals surface area contributed by atoms with Gasteiger partial charge < -0.3 is 4.74 Å². The van der Waals surface area contributed by atoms with Crippen LogP contribution in [0.15, 0.2) is 77.7 Å². The molecule has 5 rings (SSSR count). The minimum absolute atomic E-state index is 0.0742. The molecule has 0 spiro atoms.